The molecule has 4 heterocycles. The van der Waals surface area contributed by atoms with Gasteiger partial charge in [0.05, 0.1) is 35.1 Å². The van der Waals surface area contributed by atoms with Gasteiger partial charge in [0.2, 0.25) is 5.91 Å². The van der Waals surface area contributed by atoms with Crippen molar-refractivity contribution in [2.45, 2.75) is 83.3 Å². The molecule has 0 saturated heterocycles. The van der Waals surface area contributed by atoms with Gasteiger partial charge in [0.25, 0.3) is 5.56 Å². The number of ether oxygens (including phenoxy) is 1. The molecule has 1 amide bonds. The van der Waals surface area contributed by atoms with E-state index in [1.165, 1.54) is 6.07 Å². The minimum atomic E-state index is -1.96. The second kappa shape index (κ2) is 8.68. The first-order valence-electron chi connectivity index (χ1n) is 13.9. The first-order valence-corrected chi connectivity index (χ1v) is 13.9. The van der Waals surface area contributed by atoms with Crippen molar-refractivity contribution in [2.24, 2.45) is 5.92 Å². The zero-order valence-corrected chi connectivity index (χ0v) is 22.3. The van der Waals surface area contributed by atoms with Crippen LogP contribution in [0.1, 0.15) is 78.5 Å². The number of amides is 1. The molecule has 3 N–H and O–H groups in total. The normalized spacial score (nSPS) is 23.3. The van der Waals surface area contributed by atoms with Crippen molar-refractivity contribution in [1.29, 1.82) is 0 Å². The maximum absolute atomic E-state index is 15.0. The number of benzene rings is 1. The van der Waals surface area contributed by atoms with Gasteiger partial charge in [0, 0.05) is 22.6 Å². The summed E-state index contributed by atoms with van der Waals surface area (Å²) >= 11 is 0. The van der Waals surface area contributed by atoms with Crippen LogP contribution in [0.2, 0.25) is 0 Å². The predicted octanol–water partition coefficient (Wildman–Crippen LogP) is 2.79. The molecule has 0 spiro atoms. The summed E-state index contributed by atoms with van der Waals surface area (Å²) in [6.45, 7) is 3.30. The van der Waals surface area contributed by atoms with Crippen molar-refractivity contribution < 1.29 is 28.9 Å². The van der Waals surface area contributed by atoms with E-state index in [1.807, 2.05) is 0 Å². The number of nitrogens with zero attached hydrogens (tertiary/aromatic N) is 2. The Morgan fingerprint density at radius 1 is 1.25 bits per heavy atom. The van der Waals surface area contributed by atoms with Gasteiger partial charge in [-0.05, 0) is 61.3 Å². The first-order chi connectivity index (χ1) is 19.1. The number of hydrogen-bond acceptors (Lipinski definition) is 7. The quantitative estimate of drug-likeness (QED) is 0.328. The molecule has 0 unspecified atom stereocenters. The molecule has 208 valence electrons. The average molecular weight is 548 g/mol. The summed E-state index contributed by atoms with van der Waals surface area (Å²) in [5.74, 6) is -1.25. The summed E-state index contributed by atoms with van der Waals surface area (Å²) in [5.41, 5.74) is 2.22. The highest BCUT2D eigenvalue weighted by Crippen LogP contribution is 2.46. The summed E-state index contributed by atoms with van der Waals surface area (Å²) in [7, 11) is 0. The van der Waals surface area contributed by atoms with Crippen LogP contribution >= 0.6 is 0 Å². The van der Waals surface area contributed by atoms with Crippen LogP contribution in [0.25, 0.3) is 22.3 Å². The molecular formula is C30H30FN3O6. The lowest BCUT2D eigenvalue weighted by Crippen LogP contribution is -2.44. The molecule has 0 radical (unpaired) electrons. The third kappa shape index (κ3) is 3.51. The Kier molecular flexibility index (Phi) is 5.50. The van der Waals surface area contributed by atoms with Crippen molar-refractivity contribution in [3.05, 3.63) is 61.7 Å². The van der Waals surface area contributed by atoms with Gasteiger partial charge in [-0.2, -0.15) is 0 Å². The Labute approximate surface area is 229 Å². The van der Waals surface area contributed by atoms with E-state index in [-0.39, 0.29) is 42.1 Å². The molecule has 9 nitrogen and oxygen atoms in total. The number of cyclic esters (lactones) is 1. The zero-order chi connectivity index (χ0) is 28.1. The fourth-order valence-corrected chi connectivity index (χ4v) is 6.74. The Balaban J connectivity index is 1.42. The number of carbonyl (C=O) groups excluding carboxylic acids is 2. The zero-order valence-electron chi connectivity index (χ0n) is 22.3. The molecule has 3 aromatic rings. The Bertz CT molecular complexity index is 1710. The van der Waals surface area contributed by atoms with E-state index in [0.29, 0.717) is 47.6 Å². The maximum atomic E-state index is 15.0. The number of esters is 1. The third-order valence-corrected chi connectivity index (χ3v) is 9.25. The molecule has 0 bridgehead atoms. The number of halogens is 1. The van der Waals surface area contributed by atoms with E-state index in [2.05, 4.69) is 5.32 Å². The second-order valence-electron chi connectivity index (χ2n) is 11.6. The van der Waals surface area contributed by atoms with E-state index < -0.39 is 29.6 Å². The van der Waals surface area contributed by atoms with E-state index >= 15 is 4.39 Å². The smallest absolute Gasteiger partial charge is 0.343 e. The minimum Gasteiger partial charge on any atom is -0.458 e. The maximum Gasteiger partial charge on any atom is 0.343 e. The largest absolute Gasteiger partial charge is 0.458 e. The number of rotatable bonds is 5. The monoisotopic (exact) mass is 547 g/mol. The van der Waals surface area contributed by atoms with Crippen LogP contribution in [0.4, 0.5) is 4.39 Å². The Morgan fingerprint density at radius 2 is 2.02 bits per heavy atom. The van der Waals surface area contributed by atoms with Crippen LogP contribution < -0.4 is 10.9 Å². The van der Waals surface area contributed by atoms with Crippen LogP contribution in [0.3, 0.4) is 0 Å². The molecule has 1 fully saturated rings. The number of fused-ring (bicyclic) bond motifs is 5. The van der Waals surface area contributed by atoms with Gasteiger partial charge >= 0.3 is 5.97 Å². The number of carbonyl (C=O) groups is 2. The lowest BCUT2D eigenvalue weighted by molar-refractivity contribution is -0.172. The highest BCUT2D eigenvalue weighted by molar-refractivity contribution is 5.94. The van der Waals surface area contributed by atoms with Crippen LogP contribution in [0.15, 0.2) is 16.9 Å². The van der Waals surface area contributed by atoms with Gasteiger partial charge in [0.15, 0.2) is 5.60 Å². The van der Waals surface area contributed by atoms with Gasteiger partial charge in [-0.25, -0.2) is 14.2 Å². The molecule has 2 aliphatic heterocycles. The molecule has 1 saturated carbocycles. The van der Waals surface area contributed by atoms with Crippen LogP contribution in [-0.2, 0) is 39.5 Å². The van der Waals surface area contributed by atoms with E-state index in [4.69, 9.17) is 9.72 Å². The molecule has 1 aromatic carbocycles. The number of aliphatic hydroxyl groups is 2. The van der Waals surface area contributed by atoms with Gasteiger partial charge in [-0.1, -0.05) is 19.8 Å². The lowest BCUT2D eigenvalue weighted by atomic mass is 9.81. The molecular weight excluding hydrogens is 517 g/mol. The fourth-order valence-electron chi connectivity index (χ4n) is 6.74. The van der Waals surface area contributed by atoms with Crippen molar-refractivity contribution in [1.82, 2.24) is 14.9 Å². The van der Waals surface area contributed by atoms with E-state index in [1.54, 1.807) is 24.5 Å². The summed E-state index contributed by atoms with van der Waals surface area (Å²) in [6.07, 6.45) is 2.42. The highest BCUT2D eigenvalue weighted by Gasteiger charge is 2.46. The van der Waals surface area contributed by atoms with Crippen molar-refractivity contribution in [3.63, 3.8) is 0 Å². The standard InChI is InChI=1S/C30H30FN3O6/c1-3-30(39)18-9-22-26-16(11-34(22)28(37)17(18)12-40-29(30)38)25-20(33-27(36)23(35)8-14-4-5-14)7-6-15-13(2)19(31)10-21(32-26)24(15)25/h9-10,14,20,23,35,39H,3-8,11-12H2,1-2H3,(H,33,36)/t20-,23+,30-/m0/s1. The second-order valence-corrected chi connectivity index (χ2v) is 11.6. The summed E-state index contributed by atoms with van der Waals surface area (Å²) in [4.78, 5) is 44.1. The SMILES string of the molecule is CC[C@@]1(O)C(=O)OCc2c1cc1n(c2=O)Cc2c-1nc1cc(F)c(C)c3c1c2[C@@H](NC(=O)[C@H](O)CC1CC1)CC3. The fraction of sp³-hybridized carbons (Fsp3) is 0.467. The molecule has 40 heavy (non-hydrogen) atoms. The minimum absolute atomic E-state index is 0.0239. The van der Waals surface area contributed by atoms with Gasteiger partial charge in [0.1, 0.15) is 18.5 Å². The lowest BCUT2D eigenvalue weighted by Gasteiger charge is -2.31. The number of aliphatic hydroxyl groups excluding tert-OH is 1. The number of nitrogens with one attached hydrogen (secondary N) is 1. The average Bonchev–Trinajstić information content (AvgIpc) is 3.68. The molecule has 3 atom stereocenters. The van der Waals surface area contributed by atoms with Crippen molar-refractivity contribution in [3.8, 4) is 11.4 Å². The Morgan fingerprint density at radius 3 is 2.75 bits per heavy atom. The number of pyridine rings is 2. The van der Waals surface area contributed by atoms with E-state index in [0.717, 1.165) is 34.9 Å². The highest BCUT2D eigenvalue weighted by atomic mass is 19.1. The van der Waals surface area contributed by atoms with Crippen LogP contribution in [0.5, 0.6) is 0 Å². The van der Waals surface area contributed by atoms with Gasteiger partial charge < -0.3 is 24.8 Å². The van der Waals surface area contributed by atoms with Crippen molar-refractivity contribution in [2.75, 3.05) is 0 Å². The molecule has 2 aliphatic carbocycles. The molecule has 4 aliphatic rings. The molecule has 10 heteroatoms. The van der Waals surface area contributed by atoms with Gasteiger partial charge in [-0.3, -0.25) is 9.59 Å². The first kappa shape index (κ1) is 25.3. The summed E-state index contributed by atoms with van der Waals surface area (Å²) in [6, 6.07) is 2.54. The van der Waals surface area contributed by atoms with E-state index in [9.17, 15) is 24.6 Å². The number of aryl methyl sites for hydroxylation is 1. The Hall–Kier alpha value is -3.63. The van der Waals surface area contributed by atoms with Crippen LogP contribution in [0, 0.1) is 18.7 Å². The number of hydrogen-bond donors (Lipinski definition) is 3. The van der Waals surface area contributed by atoms with Crippen LogP contribution in [-0.4, -0.2) is 37.7 Å². The predicted molar refractivity (Wildman–Crippen MR) is 142 cm³/mol. The third-order valence-electron chi connectivity index (χ3n) is 9.25. The summed E-state index contributed by atoms with van der Waals surface area (Å²) < 4.78 is 21.8. The molecule has 2 aromatic heterocycles. The molecule has 7 rings (SSSR count). The van der Waals surface area contributed by atoms with Gasteiger partial charge in [-0.15, -0.1) is 0 Å². The number of aromatic nitrogens is 2. The topological polar surface area (TPSA) is 131 Å². The summed E-state index contributed by atoms with van der Waals surface area (Å²) in [5, 5.41) is 25.5. The van der Waals surface area contributed by atoms with Crippen molar-refractivity contribution >= 4 is 22.8 Å².